The van der Waals surface area contributed by atoms with Gasteiger partial charge in [0.25, 0.3) is 5.91 Å². The van der Waals surface area contributed by atoms with E-state index in [0.717, 1.165) is 23.1 Å². The Labute approximate surface area is 105 Å². The average molecular weight is 288 g/mol. The van der Waals surface area contributed by atoms with Gasteiger partial charge in [-0.05, 0) is 34.1 Å². The SMILES string of the molecule is Cc1oc(C)c(C(=O)NC(C)CCBr)c1C. The van der Waals surface area contributed by atoms with Gasteiger partial charge in [0, 0.05) is 16.9 Å². The first-order valence-corrected chi connectivity index (χ1v) is 6.53. The highest BCUT2D eigenvalue weighted by Gasteiger charge is 2.19. The minimum absolute atomic E-state index is 0.0414. The van der Waals surface area contributed by atoms with Crippen LogP contribution in [0.4, 0.5) is 0 Å². The molecule has 0 fully saturated rings. The van der Waals surface area contributed by atoms with Crippen LogP contribution in [0.15, 0.2) is 4.42 Å². The Balaban J connectivity index is 2.80. The maximum absolute atomic E-state index is 12.0. The number of furan rings is 1. The van der Waals surface area contributed by atoms with Crippen molar-refractivity contribution < 1.29 is 9.21 Å². The van der Waals surface area contributed by atoms with Crippen molar-refractivity contribution in [2.45, 2.75) is 40.2 Å². The van der Waals surface area contributed by atoms with Crippen LogP contribution in [0.5, 0.6) is 0 Å². The van der Waals surface area contributed by atoms with Gasteiger partial charge in [0.1, 0.15) is 11.5 Å². The topological polar surface area (TPSA) is 42.2 Å². The predicted octanol–water partition coefficient (Wildman–Crippen LogP) is 3.11. The predicted molar refractivity (Wildman–Crippen MR) is 68.3 cm³/mol. The number of hydrogen-bond acceptors (Lipinski definition) is 2. The number of amides is 1. The van der Waals surface area contributed by atoms with Gasteiger partial charge in [0.2, 0.25) is 0 Å². The maximum Gasteiger partial charge on any atom is 0.255 e. The van der Waals surface area contributed by atoms with Crippen LogP contribution in [0.25, 0.3) is 0 Å². The molecule has 1 rings (SSSR count). The third-order valence-corrected chi connectivity index (χ3v) is 3.17. The zero-order valence-corrected chi connectivity index (χ0v) is 11.8. The van der Waals surface area contributed by atoms with Crippen LogP contribution in [0.1, 0.15) is 40.8 Å². The van der Waals surface area contributed by atoms with E-state index in [0.29, 0.717) is 11.3 Å². The van der Waals surface area contributed by atoms with Gasteiger partial charge < -0.3 is 9.73 Å². The maximum atomic E-state index is 12.0. The van der Waals surface area contributed by atoms with Crippen molar-refractivity contribution in [1.82, 2.24) is 5.32 Å². The molecule has 1 unspecified atom stereocenters. The Kier molecular flexibility index (Phi) is 4.59. The van der Waals surface area contributed by atoms with Crippen LogP contribution in [0.2, 0.25) is 0 Å². The molecule has 0 aliphatic heterocycles. The molecule has 0 radical (unpaired) electrons. The molecule has 0 aliphatic rings. The molecule has 4 heteroatoms. The van der Waals surface area contributed by atoms with E-state index in [1.54, 1.807) is 0 Å². The summed E-state index contributed by atoms with van der Waals surface area (Å²) in [5.41, 5.74) is 1.61. The van der Waals surface area contributed by atoms with Gasteiger partial charge in [0.15, 0.2) is 0 Å². The third kappa shape index (κ3) is 2.88. The van der Waals surface area contributed by atoms with Crippen LogP contribution >= 0.6 is 15.9 Å². The zero-order valence-electron chi connectivity index (χ0n) is 10.2. The lowest BCUT2D eigenvalue weighted by molar-refractivity contribution is 0.0937. The Bertz CT molecular complexity index is 385. The monoisotopic (exact) mass is 287 g/mol. The number of hydrogen-bond donors (Lipinski definition) is 1. The summed E-state index contributed by atoms with van der Waals surface area (Å²) in [6.45, 7) is 7.61. The lowest BCUT2D eigenvalue weighted by atomic mass is 10.1. The highest BCUT2D eigenvalue weighted by atomic mass is 79.9. The third-order valence-electron chi connectivity index (χ3n) is 2.71. The minimum atomic E-state index is -0.0414. The molecule has 0 aliphatic carbocycles. The van der Waals surface area contributed by atoms with Gasteiger partial charge >= 0.3 is 0 Å². The van der Waals surface area contributed by atoms with Crippen molar-refractivity contribution in [3.63, 3.8) is 0 Å². The van der Waals surface area contributed by atoms with Crippen LogP contribution in [-0.4, -0.2) is 17.3 Å². The normalized spacial score (nSPS) is 12.6. The highest BCUT2D eigenvalue weighted by Crippen LogP contribution is 2.20. The molecule has 0 spiro atoms. The van der Waals surface area contributed by atoms with E-state index in [1.165, 1.54) is 0 Å². The van der Waals surface area contributed by atoms with E-state index in [-0.39, 0.29) is 11.9 Å². The van der Waals surface area contributed by atoms with Crippen molar-refractivity contribution in [1.29, 1.82) is 0 Å². The van der Waals surface area contributed by atoms with E-state index in [1.807, 2.05) is 27.7 Å². The van der Waals surface area contributed by atoms with Gasteiger partial charge in [-0.3, -0.25) is 4.79 Å². The molecule has 90 valence electrons. The number of nitrogens with one attached hydrogen (secondary N) is 1. The minimum Gasteiger partial charge on any atom is -0.466 e. The van der Waals surface area contributed by atoms with Crippen LogP contribution in [0.3, 0.4) is 0 Å². The Hall–Kier alpha value is -0.770. The summed E-state index contributed by atoms with van der Waals surface area (Å²) >= 11 is 3.36. The summed E-state index contributed by atoms with van der Waals surface area (Å²) in [7, 11) is 0. The lowest BCUT2D eigenvalue weighted by Gasteiger charge is -2.12. The van der Waals surface area contributed by atoms with Crippen molar-refractivity contribution >= 4 is 21.8 Å². The smallest absolute Gasteiger partial charge is 0.255 e. The number of carbonyl (C=O) groups excluding carboxylic acids is 1. The second kappa shape index (κ2) is 5.53. The first-order chi connectivity index (χ1) is 7.47. The fraction of sp³-hybridized carbons (Fsp3) is 0.583. The standard InChI is InChI=1S/C12H18BrNO2/c1-7(5-6-13)14-12(15)11-8(2)9(3)16-10(11)4/h7H,5-6H2,1-4H3,(H,14,15). The van der Waals surface area contributed by atoms with Crippen LogP contribution < -0.4 is 5.32 Å². The molecule has 16 heavy (non-hydrogen) atoms. The molecule has 1 heterocycles. The van der Waals surface area contributed by atoms with Gasteiger partial charge in [-0.15, -0.1) is 0 Å². The number of carbonyl (C=O) groups is 1. The van der Waals surface area contributed by atoms with Crippen molar-refractivity contribution in [2.24, 2.45) is 0 Å². The quantitative estimate of drug-likeness (QED) is 0.865. The Morgan fingerprint density at radius 1 is 1.38 bits per heavy atom. The second-order valence-electron chi connectivity index (χ2n) is 4.07. The molecular weight excluding hydrogens is 270 g/mol. The summed E-state index contributed by atoms with van der Waals surface area (Å²) in [6, 6.07) is 0.167. The Morgan fingerprint density at radius 2 is 2.00 bits per heavy atom. The van der Waals surface area contributed by atoms with E-state index in [4.69, 9.17) is 4.42 Å². The van der Waals surface area contributed by atoms with Crippen LogP contribution in [0, 0.1) is 20.8 Å². The summed E-state index contributed by atoms with van der Waals surface area (Å²) in [5.74, 6) is 1.47. The number of aryl methyl sites for hydroxylation is 2. The fourth-order valence-corrected chi connectivity index (χ4v) is 2.35. The van der Waals surface area contributed by atoms with Gasteiger partial charge in [-0.1, -0.05) is 15.9 Å². The first kappa shape index (κ1) is 13.3. The van der Waals surface area contributed by atoms with Crippen molar-refractivity contribution in [3.8, 4) is 0 Å². The summed E-state index contributed by atoms with van der Waals surface area (Å²) < 4.78 is 5.44. The summed E-state index contributed by atoms with van der Waals surface area (Å²) in [6.07, 6.45) is 0.917. The zero-order chi connectivity index (χ0) is 12.3. The van der Waals surface area contributed by atoms with E-state index in [9.17, 15) is 4.79 Å². The average Bonchev–Trinajstić information content (AvgIpc) is 2.41. The first-order valence-electron chi connectivity index (χ1n) is 5.40. The molecule has 0 bridgehead atoms. The van der Waals surface area contributed by atoms with E-state index in [2.05, 4.69) is 21.2 Å². The molecule has 1 atom stereocenters. The van der Waals surface area contributed by atoms with Gasteiger partial charge in [-0.2, -0.15) is 0 Å². The fourth-order valence-electron chi connectivity index (χ4n) is 1.66. The highest BCUT2D eigenvalue weighted by molar-refractivity contribution is 9.09. The Morgan fingerprint density at radius 3 is 2.44 bits per heavy atom. The molecule has 0 saturated carbocycles. The second-order valence-corrected chi connectivity index (χ2v) is 4.86. The number of rotatable bonds is 4. The van der Waals surface area contributed by atoms with Gasteiger partial charge in [-0.25, -0.2) is 0 Å². The summed E-state index contributed by atoms with van der Waals surface area (Å²) in [4.78, 5) is 12.0. The summed E-state index contributed by atoms with van der Waals surface area (Å²) in [5, 5.41) is 3.85. The number of halogens is 1. The van der Waals surface area contributed by atoms with Crippen LogP contribution in [-0.2, 0) is 0 Å². The molecule has 3 nitrogen and oxygen atoms in total. The molecule has 0 aromatic carbocycles. The largest absolute Gasteiger partial charge is 0.466 e. The van der Waals surface area contributed by atoms with Crippen molar-refractivity contribution in [2.75, 3.05) is 5.33 Å². The molecule has 1 amide bonds. The van der Waals surface area contributed by atoms with E-state index >= 15 is 0 Å². The number of alkyl halides is 1. The molecule has 1 aromatic heterocycles. The molecule has 0 saturated heterocycles. The van der Waals surface area contributed by atoms with E-state index < -0.39 is 0 Å². The molecule has 1 aromatic rings. The lowest BCUT2D eigenvalue weighted by Crippen LogP contribution is -2.33. The van der Waals surface area contributed by atoms with Gasteiger partial charge in [0.05, 0.1) is 5.56 Å². The molecular formula is C12H18BrNO2. The molecule has 1 N–H and O–H groups in total. The van der Waals surface area contributed by atoms with Crippen molar-refractivity contribution in [3.05, 3.63) is 22.6 Å².